The first kappa shape index (κ1) is 14.7. The summed E-state index contributed by atoms with van der Waals surface area (Å²) in [5.74, 6) is -0.653. The van der Waals surface area contributed by atoms with Gasteiger partial charge in [0.2, 0.25) is 0 Å². The lowest BCUT2D eigenvalue weighted by Gasteiger charge is -2.18. The van der Waals surface area contributed by atoms with Crippen molar-refractivity contribution in [2.75, 3.05) is 13.3 Å². The van der Waals surface area contributed by atoms with Crippen LogP contribution < -0.4 is 4.74 Å². The highest BCUT2D eigenvalue weighted by Gasteiger charge is 2.35. The Morgan fingerprint density at radius 2 is 1.78 bits per heavy atom. The van der Waals surface area contributed by atoms with Crippen molar-refractivity contribution in [3.8, 4) is 5.75 Å². The van der Waals surface area contributed by atoms with E-state index < -0.39 is 43.5 Å². The summed E-state index contributed by atoms with van der Waals surface area (Å²) in [6, 6.07) is 2.81. The molecule has 1 rings (SSSR count). The SMILES string of the molecule is OCc1ccc(OC(CF)CF)c(C(F)(F)F)c1. The number of hydrogen-bond acceptors (Lipinski definition) is 2. The lowest BCUT2D eigenvalue weighted by Crippen LogP contribution is -2.23. The Bertz CT molecular complexity index is 388. The van der Waals surface area contributed by atoms with Crippen molar-refractivity contribution in [1.82, 2.24) is 0 Å². The molecule has 0 saturated heterocycles. The first-order valence-electron chi connectivity index (χ1n) is 5.02. The van der Waals surface area contributed by atoms with Crippen LogP contribution in [0.15, 0.2) is 18.2 Å². The molecule has 0 aromatic heterocycles. The first-order valence-corrected chi connectivity index (χ1v) is 5.02. The zero-order valence-corrected chi connectivity index (χ0v) is 9.18. The predicted octanol–water partition coefficient (Wildman–Crippen LogP) is 2.88. The molecule has 0 aliphatic rings. The van der Waals surface area contributed by atoms with Gasteiger partial charge in [-0.25, -0.2) is 8.78 Å². The highest BCUT2D eigenvalue weighted by molar-refractivity contribution is 5.39. The standard InChI is InChI=1S/C11H11F5O2/c12-4-8(5-13)18-10-2-1-7(6-17)3-9(10)11(14,15)16/h1-3,8,17H,4-6H2. The van der Waals surface area contributed by atoms with Gasteiger partial charge in [-0.2, -0.15) is 13.2 Å². The zero-order chi connectivity index (χ0) is 13.8. The minimum absolute atomic E-state index is 0.0340. The molecule has 0 fully saturated rings. The quantitative estimate of drug-likeness (QED) is 0.834. The number of alkyl halides is 5. The smallest absolute Gasteiger partial charge is 0.419 e. The van der Waals surface area contributed by atoms with Crippen LogP contribution in [0.2, 0.25) is 0 Å². The maximum Gasteiger partial charge on any atom is 0.419 e. The molecule has 102 valence electrons. The van der Waals surface area contributed by atoms with E-state index in [2.05, 4.69) is 4.74 Å². The van der Waals surface area contributed by atoms with E-state index in [1.807, 2.05) is 0 Å². The van der Waals surface area contributed by atoms with Gasteiger partial charge in [-0.3, -0.25) is 0 Å². The van der Waals surface area contributed by atoms with E-state index >= 15 is 0 Å². The van der Waals surface area contributed by atoms with Crippen LogP contribution in [0, 0.1) is 0 Å². The van der Waals surface area contributed by atoms with Crippen molar-refractivity contribution >= 4 is 0 Å². The van der Waals surface area contributed by atoms with Gasteiger partial charge in [0.1, 0.15) is 19.1 Å². The second kappa shape index (κ2) is 5.99. The summed E-state index contributed by atoms with van der Waals surface area (Å²) >= 11 is 0. The predicted molar refractivity (Wildman–Crippen MR) is 53.7 cm³/mol. The van der Waals surface area contributed by atoms with Crippen LogP contribution in [-0.4, -0.2) is 24.6 Å². The fraction of sp³-hybridized carbons (Fsp3) is 0.455. The molecule has 0 aliphatic carbocycles. The Hall–Kier alpha value is -1.37. The van der Waals surface area contributed by atoms with Crippen LogP contribution in [0.25, 0.3) is 0 Å². The fourth-order valence-electron chi connectivity index (χ4n) is 1.28. The number of halogens is 5. The highest BCUT2D eigenvalue weighted by atomic mass is 19.4. The molecule has 0 radical (unpaired) electrons. The lowest BCUT2D eigenvalue weighted by molar-refractivity contribution is -0.139. The van der Waals surface area contributed by atoms with Crippen LogP contribution in [0.1, 0.15) is 11.1 Å². The van der Waals surface area contributed by atoms with Crippen LogP contribution in [0.5, 0.6) is 5.75 Å². The fourth-order valence-corrected chi connectivity index (χ4v) is 1.28. The molecular weight excluding hydrogens is 259 g/mol. The second-order valence-electron chi connectivity index (χ2n) is 3.53. The summed E-state index contributed by atoms with van der Waals surface area (Å²) in [4.78, 5) is 0. The summed E-state index contributed by atoms with van der Waals surface area (Å²) in [7, 11) is 0. The van der Waals surface area contributed by atoms with E-state index in [0.717, 1.165) is 6.07 Å². The van der Waals surface area contributed by atoms with Crippen molar-refractivity contribution in [3.05, 3.63) is 29.3 Å². The average molecular weight is 270 g/mol. The van der Waals surface area contributed by atoms with Crippen molar-refractivity contribution in [2.45, 2.75) is 18.9 Å². The number of aliphatic hydroxyl groups is 1. The molecule has 0 spiro atoms. The molecule has 1 N–H and O–H groups in total. The van der Waals surface area contributed by atoms with E-state index in [1.165, 1.54) is 6.07 Å². The van der Waals surface area contributed by atoms with Gasteiger partial charge in [0.05, 0.1) is 12.2 Å². The van der Waals surface area contributed by atoms with Crippen LogP contribution >= 0.6 is 0 Å². The third-order valence-corrected chi connectivity index (χ3v) is 2.17. The summed E-state index contributed by atoms with van der Waals surface area (Å²) in [5, 5.41) is 8.76. The van der Waals surface area contributed by atoms with Gasteiger partial charge >= 0.3 is 6.18 Å². The van der Waals surface area contributed by atoms with Crippen LogP contribution in [-0.2, 0) is 12.8 Å². The van der Waals surface area contributed by atoms with Gasteiger partial charge in [-0.15, -0.1) is 0 Å². The van der Waals surface area contributed by atoms with E-state index in [4.69, 9.17) is 5.11 Å². The number of hydrogen-bond donors (Lipinski definition) is 1. The lowest BCUT2D eigenvalue weighted by atomic mass is 10.1. The summed E-state index contributed by atoms with van der Waals surface area (Å²) in [6.45, 7) is -3.02. The number of ether oxygens (including phenoxy) is 1. The third kappa shape index (κ3) is 3.56. The number of benzene rings is 1. The Morgan fingerprint density at radius 1 is 1.17 bits per heavy atom. The molecule has 0 bridgehead atoms. The number of rotatable bonds is 5. The Balaban J connectivity index is 3.10. The number of aliphatic hydroxyl groups excluding tert-OH is 1. The van der Waals surface area contributed by atoms with Crippen molar-refractivity contribution in [1.29, 1.82) is 0 Å². The van der Waals surface area contributed by atoms with Gasteiger partial charge in [0.25, 0.3) is 0 Å². The average Bonchev–Trinajstić information content (AvgIpc) is 2.34. The molecule has 18 heavy (non-hydrogen) atoms. The summed E-state index contributed by atoms with van der Waals surface area (Å²) in [5.41, 5.74) is -1.13. The van der Waals surface area contributed by atoms with Crippen LogP contribution in [0.3, 0.4) is 0 Å². The van der Waals surface area contributed by atoms with Crippen molar-refractivity contribution in [2.24, 2.45) is 0 Å². The Kier molecular flexibility index (Phi) is 4.89. The largest absolute Gasteiger partial charge is 0.484 e. The zero-order valence-electron chi connectivity index (χ0n) is 9.18. The topological polar surface area (TPSA) is 29.5 Å². The van der Waals surface area contributed by atoms with E-state index in [1.54, 1.807) is 0 Å². The molecule has 2 nitrogen and oxygen atoms in total. The van der Waals surface area contributed by atoms with E-state index in [0.29, 0.717) is 6.07 Å². The normalized spacial score (nSPS) is 11.9. The van der Waals surface area contributed by atoms with E-state index in [-0.39, 0.29) is 5.56 Å². The first-order chi connectivity index (χ1) is 8.42. The van der Waals surface area contributed by atoms with Gasteiger partial charge in [-0.1, -0.05) is 6.07 Å². The maximum absolute atomic E-state index is 12.7. The molecule has 0 amide bonds. The molecule has 1 aromatic carbocycles. The molecule has 0 saturated carbocycles. The maximum atomic E-state index is 12.7. The molecule has 7 heteroatoms. The molecule has 0 heterocycles. The Labute approximate surface area is 100.0 Å². The van der Waals surface area contributed by atoms with Crippen molar-refractivity contribution in [3.63, 3.8) is 0 Å². The van der Waals surface area contributed by atoms with Gasteiger partial charge in [0, 0.05) is 0 Å². The highest BCUT2D eigenvalue weighted by Crippen LogP contribution is 2.37. The summed E-state index contributed by atoms with van der Waals surface area (Å²) < 4.78 is 67.1. The second-order valence-corrected chi connectivity index (χ2v) is 3.53. The minimum atomic E-state index is -4.72. The monoisotopic (exact) mass is 270 g/mol. The van der Waals surface area contributed by atoms with Gasteiger partial charge in [-0.05, 0) is 17.7 Å². The van der Waals surface area contributed by atoms with E-state index in [9.17, 15) is 22.0 Å². The third-order valence-electron chi connectivity index (χ3n) is 2.17. The molecule has 0 atom stereocenters. The van der Waals surface area contributed by atoms with Crippen molar-refractivity contribution < 1.29 is 31.8 Å². The molecular formula is C11H11F5O2. The van der Waals surface area contributed by atoms with Gasteiger partial charge < -0.3 is 9.84 Å². The molecule has 1 aromatic rings. The molecule has 0 aliphatic heterocycles. The Morgan fingerprint density at radius 3 is 2.22 bits per heavy atom. The van der Waals surface area contributed by atoms with Gasteiger partial charge in [0.15, 0.2) is 6.10 Å². The summed E-state index contributed by atoms with van der Waals surface area (Å²) in [6.07, 6.45) is -6.29. The molecule has 0 unspecified atom stereocenters. The minimum Gasteiger partial charge on any atom is -0.484 e. The van der Waals surface area contributed by atoms with Crippen LogP contribution in [0.4, 0.5) is 22.0 Å².